The second-order valence-corrected chi connectivity index (χ2v) is 4.89. The summed E-state index contributed by atoms with van der Waals surface area (Å²) in [7, 11) is 0. The summed E-state index contributed by atoms with van der Waals surface area (Å²) in [5.41, 5.74) is 0. The summed E-state index contributed by atoms with van der Waals surface area (Å²) in [4.78, 5) is 19.5. The zero-order valence-electron chi connectivity index (χ0n) is 10.8. The van der Waals surface area contributed by atoms with E-state index in [2.05, 4.69) is 15.3 Å². The number of nitrogens with one attached hydrogen (secondary N) is 1. The maximum Gasteiger partial charge on any atom is 0.230 e. The van der Waals surface area contributed by atoms with Gasteiger partial charge < -0.3 is 10.1 Å². The third kappa shape index (κ3) is 7.24. The third-order valence-corrected chi connectivity index (χ3v) is 2.84. The number of carbonyl (C=O) groups is 1. The molecule has 18 heavy (non-hydrogen) atoms. The number of rotatable bonds is 8. The number of hydrogen-bond donors (Lipinski definition) is 1. The topological polar surface area (TPSA) is 64.1 Å². The minimum absolute atomic E-state index is 0.00278. The molecule has 0 aromatic carbocycles. The van der Waals surface area contributed by atoms with E-state index in [9.17, 15) is 4.79 Å². The van der Waals surface area contributed by atoms with Gasteiger partial charge >= 0.3 is 0 Å². The minimum Gasteiger partial charge on any atom is -0.379 e. The van der Waals surface area contributed by atoms with Gasteiger partial charge in [-0.1, -0.05) is 11.8 Å². The van der Waals surface area contributed by atoms with Crippen molar-refractivity contribution in [3.8, 4) is 0 Å². The Bertz CT molecular complexity index is 346. The molecule has 5 nitrogen and oxygen atoms in total. The molecular formula is C12H19N3O2S. The SMILES string of the molecule is CC(C)OCCCNC(=O)CSc1ncccn1. The van der Waals surface area contributed by atoms with Crippen LogP contribution in [0.1, 0.15) is 20.3 Å². The quantitative estimate of drug-likeness (QED) is 0.440. The second kappa shape index (κ2) is 8.88. The molecule has 0 fully saturated rings. The number of hydrogen-bond acceptors (Lipinski definition) is 5. The molecule has 0 bridgehead atoms. The summed E-state index contributed by atoms with van der Waals surface area (Å²) in [6, 6.07) is 1.75. The van der Waals surface area contributed by atoms with Crippen LogP contribution in [0.25, 0.3) is 0 Å². The summed E-state index contributed by atoms with van der Waals surface area (Å²) in [5, 5.41) is 3.45. The molecule has 1 heterocycles. The van der Waals surface area contributed by atoms with Crippen LogP contribution in [0.15, 0.2) is 23.6 Å². The Morgan fingerprint density at radius 2 is 2.17 bits per heavy atom. The molecule has 0 radical (unpaired) electrons. The summed E-state index contributed by atoms with van der Waals surface area (Å²) < 4.78 is 5.38. The van der Waals surface area contributed by atoms with Crippen LogP contribution in [0.5, 0.6) is 0 Å². The highest BCUT2D eigenvalue weighted by Gasteiger charge is 2.03. The van der Waals surface area contributed by atoms with Crippen LogP contribution >= 0.6 is 11.8 Å². The van der Waals surface area contributed by atoms with Crippen LogP contribution in [-0.4, -0.2) is 40.9 Å². The van der Waals surface area contributed by atoms with Gasteiger partial charge in [0.1, 0.15) is 0 Å². The van der Waals surface area contributed by atoms with Gasteiger partial charge in [0.2, 0.25) is 5.91 Å². The zero-order valence-corrected chi connectivity index (χ0v) is 11.6. The number of nitrogens with zero attached hydrogens (tertiary/aromatic N) is 2. The van der Waals surface area contributed by atoms with E-state index in [1.54, 1.807) is 18.5 Å². The fourth-order valence-electron chi connectivity index (χ4n) is 1.16. The minimum atomic E-state index is -0.00278. The summed E-state index contributed by atoms with van der Waals surface area (Å²) >= 11 is 1.33. The number of thioether (sulfide) groups is 1. The highest BCUT2D eigenvalue weighted by Crippen LogP contribution is 2.09. The lowest BCUT2D eigenvalue weighted by Crippen LogP contribution is -2.27. The first-order valence-electron chi connectivity index (χ1n) is 5.96. The van der Waals surface area contributed by atoms with E-state index >= 15 is 0 Å². The number of amides is 1. The first-order chi connectivity index (χ1) is 8.68. The molecular weight excluding hydrogens is 250 g/mol. The van der Waals surface area contributed by atoms with Crippen LogP contribution in [0.2, 0.25) is 0 Å². The maximum atomic E-state index is 11.5. The van der Waals surface area contributed by atoms with Crippen molar-refractivity contribution in [3.63, 3.8) is 0 Å². The van der Waals surface area contributed by atoms with E-state index < -0.39 is 0 Å². The molecule has 0 saturated carbocycles. The Labute approximate surface area is 112 Å². The molecule has 0 unspecified atom stereocenters. The van der Waals surface area contributed by atoms with Crippen molar-refractivity contribution >= 4 is 17.7 Å². The van der Waals surface area contributed by atoms with Gasteiger partial charge in [0, 0.05) is 25.5 Å². The fourth-order valence-corrected chi connectivity index (χ4v) is 1.79. The lowest BCUT2D eigenvalue weighted by Gasteiger charge is -2.07. The Morgan fingerprint density at radius 3 is 2.83 bits per heavy atom. The van der Waals surface area contributed by atoms with Gasteiger partial charge in [-0.2, -0.15) is 0 Å². The van der Waals surface area contributed by atoms with Crippen molar-refractivity contribution in [2.24, 2.45) is 0 Å². The molecule has 6 heteroatoms. The first-order valence-corrected chi connectivity index (χ1v) is 6.95. The predicted octanol–water partition coefficient (Wildman–Crippen LogP) is 1.50. The Morgan fingerprint density at radius 1 is 1.44 bits per heavy atom. The van der Waals surface area contributed by atoms with Crippen LogP contribution < -0.4 is 5.32 Å². The van der Waals surface area contributed by atoms with Crippen molar-refractivity contribution in [1.29, 1.82) is 0 Å². The normalized spacial score (nSPS) is 10.6. The highest BCUT2D eigenvalue weighted by atomic mass is 32.2. The maximum absolute atomic E-state index is 11.5. The van der Waals surface area contributed by atoms with E-state index in [1.807, 2.05) is 13.8 Å². The Kier molecular flexibility index (Phi) is 7.36. The van der Waals surface area contributed by atoms with E-state index in [-0.39, 0.29) is 12.0 Å². The van der Waals surface area contributed by atoms with E-state index in [1.165, 1.54) is 11.8 Å². The van der Waals surface area contributed by atoms with Crippen LogP contribution in [-0.2, 0) is 9.53 Å². The molecule has 1 rings (SSSR count). The zero-order chi connectivity index (χ0) is 13.2. The molecule has 100 valence electrons. The van der Waals surface area contributed by atoms with Gasteiger partial charge in [0.05, 0.1) is 11.9 Å². The predicted molar refractivity (Wildman–Crippen MR) is 71.5 cm³/mol. The lowest BCUT2D eigenvalue weighted by atomic mass is 10.4. The average molecular weight is 269 g/mol. The summed E-state index contributed by atoms with van der Waals surface area (Å²) in [6.45, 7) is 5.30. The largest absolute Gasteiger partial charge is 0.379 e. The van der Waals surface area contributed by atoms with Crippen LogP contribution in [0.4, 0.5) is 0 Å². The standard InChI is InChI=1S/C12H19N3O2S/c1-10(2)17-8-4-7-13-11(16)9-18-12-14-5-3-6-15-12/h3,5-6,10H,4,7-9H2,1-2H3,(H,13,16). The molecule has 0 atom stereocenters. The molecule has 1 amide bonds. The van der Waals surface area contributed by atoms with Gasteiger partial charge in [-0.25, -0.2) is 9.97 Å². The van der Waals surface area contributed by atoms with Gasteiger partial charge in [0.15, 0.2) is 5.16 Å². The molecule has 1 aromatic heterocycles. The molecule has 0 aliphatic rings. The molecule has 0 saturated heterocycles. The van der Waals surface area contributed by atoms with Gasteiger partial charge in [-0.05, 0) is 26.3 Å². The monoisotopic (exact) mass is 269 g/mol. The molecule has 1 N–H and O–H groups in total. The molecule has 1 aromatic rings. The number of carbonyl (C=O) groups excluding carboxylic acids is 1. The van der Waals surface area contributed by atoms with Crippen molar-refractivity contribution in [1.82, 2.24) is 15.3 Å². The molecule has 0 spiro atoms. The summed E-state index contributed by atoms with van der Waals surface area (Å²) in [6.07, 6.45) is 4.40. The number of ether oxygens (including phenoxy) is 1. The fraction of sp³-hybridized carbons (Fsp3) is 0.583. The first kappa shape index (κ1) is 14.9. The van der Waals surface area contributed by atoms with Crippen molar-refractivity contribution in [2.75, 3.05) is 18.9 Å². The van der Waals surface area contributed by atoms with Crippen molar-refractivity contribution < 1.29 is 9.53 Å². The van der Waals surface area contributed by atoms with Crippen LogP contribution in [0.3, 0.4) is 0 Å². The van der Waals surface area contributed by atoms with Gasteiger partial charge in [-0.15, -0.1) is 0 Å². The second-order valence-electron chi connectivity index (χ2n) is 3.94. The third-order valence-electron chi connectivity index (χ3n) is 1.97. The Hall–Kier alpha value is -1.14. The molecule has 0 aliphatic carbocycles. The lowest BCUT2D eigenvalue weighted by molar-refractivity contribution is -0.118. The van der Waals surface area contributed by atoms with Crippen molar-refractivity contribution in [3.05, 3.63) is 18.5 Å². The smallest absolute Gasteiger partial charge is 0.230 e. The average Bonchev–Trinajstić information content (AvgIpc) is 2.37. The highest BCUT2D eigenvalue weighted by molar-refractivity contribution is 7.99. The van der Waals surface area contributed by atoms with E-state index in [0.717, 1.165) is 6.42 Å². The number of aromatic nitrogens is 2. The van der Waals surface area contributed by atoms with Crippen LogP contribution in [0, 0.1) is 0 Å². The van der Waals surface area contributed by atoms with Gasteiger partial charge in [-0.3, -0.25) is 4.79 Å². The van der Waals surface area contributed by atoms with E-state index in [4.69, 9.17) is 4.74 Å². The van der Waals surface area contributed by atoms with Gasteiger partial charge in [0.25, 0.3) is 0 Å². The van der Waals surface area contributed by atoms with Crippen molar-refractivity contribution in [2.45, 2.75) is 31.5 Å². The summed E-state index contributed by atoms with van der Waals surface area (Å²) in [5.74, 6) is 0.340. The Balaban J connectivity index is 2.04. The van der Waals surface area contributed by atoms with E-state index in [0.29, 0.717) is 24.1 Å². The molecule has 0 aliphatic heterocycles.